The Labute approximate surface area is 219 Å². The molecule has 5 nitrogen and oxygen atoms in total. The number of carboxylic acid groups (broad SMARTS) is 1. The lowest BCUT2D eigenvalue weighted by Gasteiger charge is -2.27. The summed E-state index contributed by atoms with van der Waals surface area (Å²) in [5.41, 5.74) is 6.75. The molecule has 1 aliphatic rings. The molecule has 0 bridgehead atoms. The first-order valence-corrected chi connectivity index (χ1v) is 13.8. The van der Waals surface area contributed by atoms with Crippen molar-refractivity contribution in [3.8, 4) is 11.1 Å². The first-order chi connectivity index (χ1) is 18.1. The summed E-state index contributed by atoms with van der Waals surface area (Å²) in [7, 11) is 0. The third-order valence-corrected chi connectivity index (χ3v) is 7.55. The number of aromatic nitrogens is 2. The molecule has 0 atom stereocenters. The Morgan fingerprint density at radius 2 is 1.65 bits per heavy atom. The molecule has 1 fully saturated rings. The second-order valence-corrected chi connectivity index (χ2v) is 10.2. The fraction of sp³-hybridized carbons (Fsp3) is 0.375. The molecule has 1 N–H and O–H groups in total. The van der Waals surface area contributed by atoms with Crippen LogP contribution in [0.2, 0.25) is 0 Å². The van der Waals surface area contributed by atoms with Crippen molar-refractivity contribution < 1.29 is 9.90 Å². The van der Waals surface area contributed by atoms with Gasteiger partial charge in [0.05, 0.1) is 16.6 Å². The summed E-state index contributed by atoms with van der Waals surface area (Å²) < 4.78 is 2.39. The van der Waals surface area contributed by atoms with Gasteiger partial charge in [0, 0.05) is 31.7 Å². The van der Waals surface area contributed by atoms with Gasteiger partial charge in [0.1, 0.15) is 5.82 Å². The molecule has 5 heteroatoms. The Hall–Kier alpha value is -3.60. The topological polar surface area (TPSA) is 58.4 Å². The fourth-order valence-electron chi connectivity index (χ4n) is 5.46. The van der Waals surface area contributed by atoms with Crippen LogP contribution in [0.15, 0.2) is 66.7 Å². The number of nitrogens with zero attached hydrogens (tertiary/aromatic N) is 3. The van der Waals surface area contributed by atoms with E-state index in [2.05, 4.69) is 46.7 Å². The normalized spacial score (nSPS) is 14.5. The van der Waals surface area contributed by atoms with E-state index in [0.29, 0.717) is 5.56 Å². The number of unbranched alkanes of at least 4 members (excludes halogenated alkanes) is 1. The summed E-state index contributed by atoms with van der Waals surface area (Å²) in [4.78, 5) is 19.3. The first kappa shape index (κ1) is 25.1. The van der Waals surface area contributed by atoms with Gasteiger partial charge in [0.25, 0.3) is 0 Å². The molecule has 0 spiro atoms. The van der Waals surface area contributed by atoms with E-state index < -0.39 is 5.97 Å². The summed E-state index contributed by atoms with van der Waals surface area (Å²) in [6.45, 7) is 5.23. The maximum absolute atomic E-state index is 11.7. The number of rotatable bonds is 8. The van der Waals surface area contributed by atoms with Gasteiger partial charge >= 0.3 is 5.97 Å². The van der Waals surface area contributed by atoms with Crippen LogP contribution in [0.3, 0.4) is 0 Å². The van der Waals surface area contributed by atoms with Crippen molar-refractivity contribution in [1.82, 2.24) is 9.55 Å². The SMILES string of the molecule is CCCCc1nc2ccc(N3CCCCCCC3)cc2n1Cc1ccc(-c2ccccc2C(=O)O)cc1. The molecule has 1 aliphatic heterocycles. The van der Waals surface area contributed by atoms with Gasteiger partial charge in [-0.15, -0.1) is 0 Å². The first-order valence-electron chi connectivity index (χ1n) is 13.8. The number of aromatic carboxylic acids is 1. The molecular weight excluding hydrogens is 458 g/mol. The van der Waals surface area contributed by atoms with E-state index in [1.807, 2.05) is 24.3 Å². The highest BCUT2D eigenvalue weighted by Gasteiger charge is 2.16. The number of benzene rings is 3. The Morgan fingerprint density at radius 3 is 2.38 bits per heavy atom. The quantitative estimate of drug-likeness (QED) is 0.274. The number of carbonyl (C=O) groups is 1. The summed E-state index contributed by atoms with van der Waals surface area (Å²) in [6, 6.07) is 22.3. The molecule has 1 aromatic heterocycles. The molecule has 37 heavy (non-hydrogen) atoms. The van der Waals surface area contributed by atoms with Crippen LogP contribution in [-0.4, -0.2) is 33.7 Å². The van der Waals surface area contributed by atoms with Crippen molar-refractivity contribution in [3.63, 3.8) is 0 Å². The van der Waals surface area contributed by atoms with Gasteiger partial charge in [-0.05, 0) is 60.2 Å². The minimum absolute atomic E-state index is 0.328. The summed E-state index contributed by atoms with van der Waals surface area (Å²) in [6.07, 6.45) is 9.75. The molecule has 4 aromatic rings. The smallest absolute Gasteiger partial charge is 0.336 e. The highest BCUT2D eigenvalue weighted by Crippen LogP contribution is 2.28. The van der Waals surface area contributed by atoms with E-state index in [9.17, 15) is 9.90 Å². The Balaban J connectivity index is 1.46. The lowest BCUT2D eigenvalue weighted by Crippen LogP contribution is -2.26. The van der Waals surface area contributed by atoms with Crippen LogP contribution < -0.4 is 4.90 Å². The minimum atomic E-state index is -0.902. The van der Waals surface area contributed by atoms with Crippen molar-refractivity contribution >= 4 is 22.7 Å². The number of hydrogen-bond donors (Lipinski definition) is 1. The van der Waals surface area contributed by atoms with Gasteiger partial charge in [-0.2, -0.15) is 0 Å². The highest BCUT2D eigenvalue weighted by atomic mass is 16.4. The molecule has 0 saturated carbocycles. The molecule has 5 rings (SSSR count). The van der Waals surface area contributed by atoms with Crippen molar-refractivity contribution in [1.29, 1.82) is 0 Å². The van der Waals surface area contributed by atoms with Gasteiger partial charge in [-0.1, -0.05) is 75.1 Å². The molecule has 0 radical (unpaired) electrons. The third-order valence-electron chi connectivity index (χ3n) is 7.55. The minimum Gasteiger partial charge on any atom is -0.478 e. The Kier molecular flexibility index (Phi) is 7.88. The van der Waals surface area contributed by atoms with E-state index in [1.54, 1.807) is 12.1 Å². The average molecular weight is 496 g/mol. The number of fused-ring (bicyclic) bond motifs is 1. The van der Waals surface area contributed by atoms with Crippen LogP contribution in [0.5, 0.6) is 0 Å². The van der Waals surface area contributed by atoms with Crippen LogP contribution in [0.4, 0.5) is 5.69 Å². The number of aryl methyl sites for hydroxylation is 1. The predicted molar refractivity (Wildman–Crippen MR) is 152 cm³/mol. The zero-order chi connectivity index (χ0) is 25.6. The molecule has 0 aliphatic carbocycles. The molecule has 1 saturated heterocycles. The van der Waals surface area contributed by atoms with Crippen LogP contribution in [-0.2, 0) is 13.0 Å². The summed E-state index contributed by atoms with van der Waals surface area (Å²) in [5, 5.41) is 9.59. The maximum atomic E-state index is 11.7. The maximum Gasteiger partial charge on any atom is 0.336 e. The zero-order valence-corrected chi connectivity index (χ0v) is 21.8. The lowest BCUT2D eigenvalue weighted by molar-refractivity contribution is 0.0697. The largest absolute Gasteiger partial charge is 0.478 e. The predicted octanol–water partition coefficient (Wildman–Crippen LogP) is 7.56. The summed E-state index contributed by atoms with van der Waals surface area (Å²) >= 11 is 0. The van der Waals surface area contributed by atoms with E-state index in [4.69, 9.17) is 4.98 Å². The standard InChI is InChI=1S/C32H37N3O2/c1-2-3-13-31-33-29-19-18-26(34-20-9-5-4-6-10-21-34)22-30(29)35(31)23-24-14-16-25(17-15-24)27-11-7-8-12-28(27)32(36)37/h7-8,11-12,14-19,22H,2-6,9-10,13,20-21,23H2,1H3,(H,36,37). The lowest BCUT2D eigenvalue weighted by atomic mass is 9.99. The van der Waals surface area contributed by atoms with E-state index >= 15 is 0 Å². The van der Waals surface area contributed by atoms with Crippen LogP contribution >= 0.6 is 0 Å². The van der Waals surface area contributed by atoms with Gasteiger partial charge in [0.2, 0.25) is 0 Å². The number of carboxylic acids is 1. The monoisotopic (exact) mass is 495 g/mol. The molecule has 0 amide bonds. The molecular formula is C32H37N3O2. The Bertz CT molecular complexity index is 1350. The van der Waals surface area contributed by atoms with Crippen LogP contribution in [0.1, 0.15) is 73.6 Å². The van der Waals surface area contributed by atoms with Crippen LogP contribution in [0, 0.1) is 0 Å². The zero-order valence-electron chi connectivity index (χ0n) is 21.8. The molecule has 3 aromatic carbocycles. The van der Waals surface area contributed by atoms with Gasteiger partial charge in [0.15, 0.2) is 0 Å². The second kappa shape index (κ2) is 11.6. The third kappa shape index (κ3) is 5.71. The van der Waals surface area contributed by atoms with Crippen LogP contribution in [0.25, 0.3) is 22.2 Å². The van der Waals surface area contributed by atoms with E-state index in [1.165, 1.54) is 48.9 Å². The van der Waals surface area contributed by atoms with Crippen molar-refractivity contribution in [2.45, 2.75) is 64.8 Å². The Morgan fingerprint density at radius 1 is 0.919 bits per heavy atom. The second-order valence-electron chi connectivity index (χ2n) is 10.2. The molecule has 2 heterocycles. The number of hydrogen-bond acceptors (Lipinski definition) is 3. The summed E-state index contributed by atoms with van der Waals surface area (Å²) in [5.74, 6) is 0.239. The highest BCUT2D eigenvalue weighted by molar-refractivity contribution is 5.96. The van der Waals surface area contributed by atoms with E-state index in [0.717, 1.165) is 61.4 Å². The number of imidazole rings is 1. The van der Waals surface area contributed by atoms with Crippen molar-refractivity contribution in [2.24, 2.45) is 0 Å². The average Bonchev–Trinajstić information content (AvgIpc) is 3.24. The molecule has 0 unspecified atom stereocenters. The van der Waals surface area contributed by atoms with Crippen molar-refractivity contribution in [2.75, 3.05) is 18.0 Å². The number of anilines is 1. The van der Waals surface area contributed by atoms with Gasteiger partial charge in [-0.3, -0.25) is 0 Å². The van der Waals surface area contributed by atoms with Gasteiger partial charge < -0.3 is 14.6 Å². The van der Waals surface area contributed by atoms with Crippen molar-refractivity contribution in [3.05, 3.63) is 83.7 Å². The van der Waals surface area contributed by atoms with Gasteiger partial charge in [-0.25, -0.2) is 9.78 Å². The fourth-order valence-corrected chi connectivity index (χ4v) is 5.46. The molecule has 192 valence electrons. The van der Waals surface area contributed by atoms with E-state index in [-0.39, 0.29) is 0 Å².